The van der Waals surface area contributed by atoms with Gasteiger partial charge >= 0.3 is 0 Å². The van der Waals surface area contributed by atoms with Gasteiger partial charge in [-0.05, 0) is 56.4 Å². The monoisotopic (exact) mass is 343 g/mol. The summed E-state index contributed by atoms with van der Waals surface area (Å²) in [6.45, 7) is 3.79. The first-order valence-electron chi connectivity index (χ1n) is 9.65. The lowest BCUT2D eigenvalue weighted by Gasteiger charge is -2.28. The molecule has 0 bridgehead atoms. The molecule has 2 aliphatic rings. The Hall–Kier alpha value is -2.04. The van der Waals surface area contributed by atoms with Crippen molar-refractivity contribution < 1.29 is 9.59 Å². The van der Waals surface area contributed by atoms with Crippen LogP contribution in [0.4, 0.5) is 11.4 Å². The summed E-state index contributed by atoms with van der Waals surface area (Å²) in [4.78, 5) is 28.7. The molecule has 1 N–H and O–H groups in total. The van der Waals surface area contributed by atoms with Crippen molar-refractivity contribution in [2.24, 2.45) is 0 Å². The van der Waals surface area contributed by atoms with Crippen LogP contribution in [0, 0.1) is 0 Å². The van der Waals surface area contributed by atoms with Gasteiger partial charge in [0.2, 0.25) is 11.8 Å². The lowest BCUT2D eigenvalue weighted by atomic mass is 10.1. The van der Waals surface area contributed by atoms with Gasteiger partial charge in [0.15, 0.2) is 0 Å². The molecule has 2 aliphatic heterocycles. The van der Waals surface area contributed by atoms with E-state index < -0.39 is 0 Å². The molecule has 5 nitrogen and oxygen atoms in total. The van der Waals surface area contributed by atoms with E-state index >= 15 is 0 Å². The van der Waals surface area contributed by atoms with Crippen LogP contribution in [0.5, 0.6) is 0 Å². The fourth-order valence-corrected chi connectivity index (χ4v) is 3.68. The van der Waals surface area contributed by atoms with Gasteiger partial charge in [-0.2, -0.15) is 0 Å². The molecule has 0 aliphatic carbocycles. The van der Waals surface area contributed by atoms with Crippen LogP contribution in [0.25, 0.3) is 0 Å². The summed E-state index contributed by atoms with van der Waals surface area (Å²) in [5.41, 5.74) is 1.97. The summed E-state index contributed by atoms with van der Waals surface area (Å²) in [5.74, 6) is -0.274. The van der Waals surface area contributed by atoms with Gasteiger partial charge < -0.3 is 15.1 Å². The minimum atomic E-state index is -0.222. The van der Waals surface area contributed by atoms with Crippen LogP contribution < -0.4 is 10.2 Å². The molecule has 5 heteroatoms. The highest BCUT2D eigenvalue weighted by molar-refractivity contribution is 6.03. The minimum Gasteiger partial charge on any atom is -0.372 e. The van der Waals surface area contributed by atoms with Crippen LogP contribution in [-0.4, -0.2) is 42.9 Å². The van der Waals surface area contributed by atoms with E-state index in [1.165, 1.54) is 37.8 Å². The highest BCUT2D eigenvalue weighted by Crippen LogP contribution is 2.22. The zero-order chi connectivity index (χ0) is 17.5. The topological polar surface area (TPSA) is 52.7 Å². The van der Waals surface area contributed by atoms with Gasteiger partial charge in [-0.25, -0.2) is 0 Å². The van der Waals surface area contributed by atoms with Crippen molar-refractivity contribution in [3.05, 3.63) is 24.3 Å². The maximum atomic E-state index is 12.3. The second kappa shape index (κ2) is 8.88. The molecule has 0 radical (unpaired) electrons. The van der Waals surface area contributed by atoms with Gasteiger partial charge in [0.25, 0.3) is 0 Å². The average molecular weight is 343 g/mol. The molecule has 0 unspecified atom stereocenters. The summed E-state index contributed by atoms with van der Waals surface area (Å²) in [5, 5.41) is 2.85. The number of benzene rings is 1. The fourth-order valence-electron chi connectivity index (χ4n) is 3.68. The van der Waals surface area contributed by atoms with Crippen molar-refractivity contribution in [2.75, 3.05) is 36.4 Å². The van der Waals surface area contributed by atoms with Crippen LogP contribution in [-0.2, 0) is 9.59 Å². The molecule has 0 aromatic heterocycles. The molecule has 1 aromatic rings. The number of likely N-dealkylation sites (tertiary alicyclic amines) is 1. The van der Waals surface area contributed by atoms with Crippen molar-refractivity contribution in [1.29, 1.82) is 0 Å². The molecule has 2 amide bonds. The van der Waals surface area contributed by atoms with E-state index in [9.17, 15) is 9.59 Å². The first-order chi connectivity index (χ1) is 12.2. The van der Waals surface area contributed by atoms with Gasteiger partial charge in [0, 0.05) is 37.6 Å². The molecule has 3 rings (SSSR count). The third kappa shape index (κ3) is 5.21. The first-order valence-corrected chi connectivity index (χ1v) is 9.65. The lowest BCUT2D eigenvalue weighted by Crippen LogP contribution is -2.34. The number of rotatable bonds is 4. The number of amides is 2. The second-order valence-corrected chi connectivity index (χ2v) is 7.11. The Morgan fingerprint density at radius 2 is 1.36 bits per heavy atom. The number of nitrogens with zero attached hydrogens (tertiary/aromatic N) is 2. The zero-order valence-corrected chi connectivity index (χ0v) is 15.0. The summed E-state index contributed by atoms with van der Waals surface area (Å²) in [6, 6.07) is 7.96. The standard InChI is InChI=1S/C20H29N3O2/c24-19(16-20(25)23-14-4-1-2-5-15-23)21-17-8-10-18(11-9-17)22-12-6-3-7-13-22/h8-11H,1-7,12-16H2,(H,21,24). The molecular formula is C20H29N3O2. The zero-order valence-electron chi connectivity index (χ0n) is 15.0. The van der Waals surface area contributed by atoms with Crippen LogP contribution >= 0.6 is 0 Å². The van der Waals surface area contributed by atoms with E-state index in [2.05, 4.69) is 22.3 Å². The van der Waals surface area contributed by atoms with E-state index in [1.807, 2.05) is 17.0 Å². The number of hydrogen-bond donors (Lipinski definition) is 1. The largest absolute Gasteiger partial charge is 0.372 e. The molecule has 0 spiro atoms. The predicted molar refractivity (Wildman–Crippen MR) is 101 cm³/mol. The van der Waals surface area contributed by atoms with Crippen molar-refractivity contribution in [3.63, 3.8) is 0 Å². The summed E-state index contributed by atoms with van der Waals surface area (Å²) < 4.78 is 0. The third-order valence-electron chi connectivity index (χ3n) is 5.14. The van der Waals surface area contributed by atoms with Crippen LogP contribution in [0.3, 0.4) is 0 Å². The Morgan fingerprint density at radius 3 is 2.00 bits per heavy atom. The van der Waals surface area contributed by atoms with Crippen LogP contribution in [0.1, 0.15) is 51.4 Å². The molecule has 2 saturated heterocycles. The Labute approximate surface area is 150 Å². The number of anilines is 2. The molecule has 0 atom stereocenters. The van der Waals surface area contributed by atoms with Gasteiger partial charge in [0.1, 0.15) is 6.42 Å². The fraction of sp³-hybridized carbons (Fsp3) is 0.600. The Kier molecular flexibility index (Phi) is 6.31. The van der Waals surface area contributed by atoms with Gasteiger partial charge in [-0.1, -0.05) is 12.8 Å². The molecular weight excluding hydrogens is 314 g/mol. The minimum absolute atomic E-state index is 0.0515. The second-order valence-electron chi connectivity index (χ2n) is 7.11. The predicted octanol–water partition coefficient (Wildman–Crippen LogP) is 3.41. The number of nitrogens with one attached hydrogen (secondary N) is 1. The highest BCUT2D eigenvalue weighted by Gasteiger charge is 2.18. The highest BCUT2D eigenvalue weighted by atomic mass is 16.2. The third-order valence-corrected chi connectivity index (χ3v) is 5.14. The smallest absolute Gasteiger partial charge is 0.233 e. The lowest BCUT2D eigenvalue weighted by molar-refractivity contribution is -0.134. The molecule has 0 saturated carbocycles. The van der Waals surface area contributed by atoms with Gasteiger partial charge in [-0.15, -0.1) is 0 Å². The maximum absolute atomic E-state index is 12.3. The molecule has 1 aromatic carbocycles. The molecule has 136 valence electrons. The number of carbonyl (C=O) groups is 2. The van der Waals surface area contributed by atoms with E-state index in [1.54, 1.807) is 0 Å². The number of piperidine rings is 1. The van der Waals surface area contributed by atoms with E-state index in [0.717, 1.165) is 44.7 Å². The van der Waals surface area contributed by atoms with Crippen LogP contribution in [0.2, 0.25) is 0 Å². The SMILES string of the molecule is O=C(CC(=O)N1CCCCCC1)Nc1ccc(N2CCCCC2)cc1. The summed E-state index contributed by atoms with van der Waals surface area (Å²) in [7, 11) is 0. The average Bonchev–Trinajstić information content (AvgIpc) is 2.92. The Morgan fingerprint density at radius 1 is 0.800 bits per heavy atom. The van der Waals surface area contributed by atoms with Crippen molar-refractivity contribution in [2.45, 2.75) is 51.4 Å². The Bertz CT molecular complexity index is 571. The van der Waals surface area contributed by atoms with Crippen LogP contribution in [0.15, 0.2) is 24.3 Å². The summed E-state index contributed by atoms with van der Waals surface area (Å²) in [6.07, 6.45) is 8.20. The maximum Gasteiger partial charge on any atom is 0.233 e. The van der Waals surface area contributed by atoms with Crippen molar-refractivity contribution in [1.82, 2.24) is 4.90 Å². The van der Waals surface area contributed by atoms with Gasteiger partial charge in [-0.3, -0.25) is 9.59 Å². The molecule has 2 fully saturated rings. The van der Waals surface area contributed by atoms with E-state index in [4.69, 9.17) is 0 Å². The summed E-state index contributed by atoms with van der Waals surface area (Å²) >= 11 is 0. The molecule has 25 heavy (non-hydrogen) atoms. The normalized spacial score (nSPS) is 18.6. The first kappa shape index (κ1) is 17.8. The van der Waals surface area contributed by atoms with Crippen molar-refractivity contribution >= 4 is 23.2 Å². The van der Waals surface area contributed by atoms with Gasteiger partial charge in [0.05, 0.1) is 0 Å². The van der Waals surface area contributed by atoms with E-state index in [0.29, 0.717) is 0 Å². The van der Waals surface area contributed by atoms with E-state index in [-0.39, 0.29) is 18.2 Å². The number of hydrogen-bond acceptors (Lipinski definition) is 3. The van der Waals surface area contributed by atoms with Crippen molar-refractivity contribution in [3.8, 4) is 0 Å². The Balaban J connectivity index is 1.49. The molecule has 2 heterocycles. The number of carbonyl (C=O) groups excluding carboxylic acids is 2. The quantitative estimate of drug-likeness (QED) is 0.853.